The lowest BCUT2D eigenvalue weighted by Crippen LogP contribution is -2.13. The number of hydrogen-bond donors (Lipinski definition) is 0. The molecule has 0 bridgehead atoms. The highest BCUT2D eigenvalue weighted by molar-refractivity contribution is 7.24. The lowest BCUT2D eigenvalue weighted by Gasteiger charge is -2.13. The highest BCUT2D eigenvalue weighted by Gasteiger charge is 2.17. The van der Waals surface area contributed by atoms with E-state index in [4.69, 9.17) is 9.97 Å². The maximum Gasteiger partial charge on any atom is 0.266 e. The first-order valence-electron chi connectivity index (χ1n) is 16.3. The van der Waals surface area contributed by atoms with Crippen LogP contribution in [0.5, 0.6) is 0 Å². The van der Waals surface area contributed by atoms with Gasteiger partial charge >= 0.3 is 0 Å². The molecule has 0 aliphatic heterocycles. The van der Waals surface area contributed by atoms with Gasteiger partial charge in [-0.1, -0.05) is 101 Å². The Kier molecular flexibility index (Phi) is 6.25. The third-order valence-corrected chi connectivity index (χ3v) is 11.7. The third kappa shape index (κ3) is 4.32. The molecule has 4 aromatic heterocycles. The number of aryl methyl sites for hydroxylation is 1. The second-order valence-corrected chi connectivity index (χ2v) is 14.8. The number of rotatable bonds is 3. The summed E-state index contributed by atoms with van der Waals surface area (Å²) in [5, 5.41) is 1.20. The maximum absolute atomic E-state index is 14.0. The Morgan fingerprint density at radius 2 is 1.06 bits per heavy atom. The van der Waals surface area contributed by atoms with Crippen molar-refractivity contribution in [3.63, 3.8) is 0 Å². The molecule has 6 aromatic carbocycles. The fourth-order valence-electron chi connectivity index (χ4n) is 7.20. The summed E-state index contributed by atoms with van der Waals surface area (Å²) in [4.78, 5) is 38.9. The van der Waals surface area contributed by atoms with E-state index in [1.165, 1.54) is 28.2 Å². The molecular formula is C42H26N4O2S2. The molecule has 0 N–H and O–H groups in total. The quantitative estimate of drug-likeness (QED) is 0.186. The first-order valence-corrected chi connectivity index (χ1v) is 18.0. The van der Waals surface area contributed by atoms with Crippen molar-refractivity contribution in [2.45, 2.75) is 13.8 Å². The molecule has 0 aliphatic carbocycles. The predicted molar refractivity (Wildman–Crippen MR) is 208 cm³/mol. The van der Waals surface area contributed by atoms with Gasteiger partial charge in [0, 0.05) is 0 Å². The first-order chi connectivity index (χ1) is 24.4. The fraction of sp³-hybridized carbons (Fsp3) is 0.0476. The Hall–Kier alpha value is -5.96. The van der Waals surface area contributed by atoms with Gasteiger partial charge in [-0.25, -0.2) is 9.97 Å². The maximum atomic E-state index is 14.0. The summed E-state index contributed by atoms with van der Waals surface area (Å²) in [5.74, 6) is 0. The van der Waals surface area contributed by atoms with Crippen LogP contribution < -0.4 is 11.1 Å². The molecule has 0 amide bonds. The monoisotopic (exact) mass is 682 g/mol. The smallest absolute Gasteiger partial charge is 0.266 e. The minimum atomic E-state index is -0.0638. The van der Waals surface area contributed by atoms with Gasteiger partial charge in [-0.2, -0.15) is 0 Å². The van der Waals surface area contributed by atoms with Gasteiger partial charge in [-0.3, -0.25) is 18.4 Å². The van der Waals surface area contributed by atoms with Crippen LogP contribution in [0.2, 0.25) is 0 Å². The molecule has 0 atom stereocenters. The number of hydrogen-bond acceptors (Lipinski definition) is 6. The van der Waals surface area contributed by atoms with Crippen molar-refractivity contribution in [3.05, 3.63) is 153 Å². The Morgan fingerprint density at radius 3 is 1.78 bits per heavy atom. The number of thiazole rings is 2. The van der Waals surface area contributed by atoms with E-state index in [1.54, 1.807) is 8.80 Å². The highest BCUT2D eigenvalue weighted by atomic mass is 32.1. The normalized spacial score (nSPS) is 12.0. The van der Waals surface area contributed by atoms with E-state index in [9.17, 15) is 9.59 Å². The van der Waals surface area contributed by atoms with E-state index in [0.717, 1.165) is 59.4 Å². The van der Waals surface area contributed by atoms with Crippen molar-refractivity contribution in [3.8, 4) is 33.4 Å². The molecule has 0 fully saturated rings. The zero-order valence-electron chi connectivity index (χ0n) is 27.0. The standard InChI is InChI=1S/C42H26N4O2S2/c1-23-7-5-8-25(19-23)26-13-16-33-31(20-26)39(47)46-36-18-15-28(22-38(36)50-42(46)44-33)30-10-6-9-29(24(30)2)27-14-17-34-32(21-27)40(48)45-35-11-3-4-12-37(35)49-41(45)43-34/h3-22H,1-2H3. The van der Waals surface area contributed by atoms with Gasteiger partial charge in [-0.05, 0) is 101 Å². The Morgan fingerprint density at radius 1 is 0.500 bits per heavy atom. The summed E-state index contributed by atoms with van der Waals surface area (Å²) < 4.78 is 5.49. The first kappa shape index (κ1) is 29.0. The zero-order valence-corrected chi connectivity index (χ0v) is 28.6. The molecule has 238 valence electrons. The summed E-state index contributed by atoms with van der Waals surface area (Å²) >= 11 is 3.05. The van der Waals surface area contributed by atoms with Crippen LogP contribution in [0.1, 0.15) is 11.1 Å². The van der Waals surface area contributed by atoms with E-state index < -0.39 is 0 Å². The molecule has 0 unspecified atom stereocenters. The minimum Gasteiger partial charge on any atom is -0.268 e. The highest BCUT2D eigenvalue weighted by Crippen LogP contribution is 2.36. The molecule has 0 aliphatic rings. The summed E-state index contributed by atoms with van der Waals surface area (Å²) in [6.07, 6.45) is 0. The zero-order chi connectivity index (χ0) is 33.7. The van der Waals surface area contributed by atoms with Gasteiger partial charge in [0.2, 0.25) is 0 Å². The van der Waals surface area contributed by atoms with Gasteiger partial charge in [-0.15, -0.1) is 0 Å². The largest absolute Gasteiger partial charge is 0.268 e. The molecule has 50 heavy (non-hydrogen) atoms. The van der Waals surface area contributed by atoms with E-state index >= 15 is 0 Å². The van der Waals surface area contributed by atoms with Crippen LogP contribution in [0.25, 0.3) is 85.5 Å². The molecule has 4 heterocycles. The molecule has 6 nitrogen and oxygen atoms in total. The van der Waals surface area contributed by atoms with Gasteiger partial charge < -0.3 is 0 Å². The van der Waals surface area contributed by atoms with Gasteiger partial charge in [0.1, 0.15) is 0 Å². The molecule has 0 spiro atoms. The van der Waals surface area contributed by atoms with Crippen LogP contribution in [0.3, 0.4) is 0 Å². The van der Waals surface area contributed by atoms with Crippen molar-refractivity contribution in [2.75, 3.05) is 0 Å². The molecular weight excluding hydrogens is 657 g/mol. The summed E-state index contributed by atoms with van der Waals surface area (Å²) in [6, 6.07) is 40.7. The summed E-state index contributed by atoms with van der Waals surface area (Å²) in [6.45, 7) is 4.19. The number of fused-ring (bicyclic) bond motifs is 8. The van der Waals surface area contributed by atoms with Crippen LogP contribution >= 0.6 is 22.7 Å². The molecule has 0 radical (unpaired) electrons. The molecule has 10 aromatic rings. The molecule has 8 heteroatoms. The minimum absolute atomic E-state index is 0.0591. The van der Waals surface area contributed by atoms with Crippen molar-refractivity contribution >= 4 is 74.8 Å². The number of aromatic nitrogens is 4. The lowest BCUT2D eigenvalue weighted by molar-refractivity contribution is 1.16. The average molecular weight is 683 g/mol. The van der Waals surface area contributed by atoms with Crippen LogP contribution in [-0.4, -0.2) is 18.8 Å². The second-order valence-electron chi connectivity index (χ2n) is 12.7. The molecule has 0 saturated carbocycles. The van der Waals surface area contributed by atoms with Crippen LogP contribution in [0.4, 0.5) is 0 Å². The lowest BCUT2D eigenvalue weighted by atomic mass is 9.92. The molecule has 0 saturated heterocycles. The molecule has 10 rings (SSSR count). The second kappa shape index (κ2) is 10.8. The number of nitrogens with zero attached hydrogens (tertiary/aromatic N) is 4. The van der Waals surface area contributed by atoms with Gasteiger partial charge in [0.25, 0.3) is 11.1 Å². The van der Waals surface area contributed by atoms with Crippen molar-refractivity contribution in [1.29, 1.82) is 0 Å². The Labute approximate surface area is 292 Å². The predicted octanol–water partition coefficient (Wildman–Crippen LogP) is 10.1. The van der Waals surface area contributed by atoms with Crippen LogP contribution in [0.15, 0.2) is 131 Å². The van der Waals surface area contributed by atoms with Crippen molar-refractivity contribution in [1.82, 2.24) is 18.8 Å². The Balaban J connectivity index is 1.08. The van der Waals surface area contributed by atoms with E-state index in [2.05, 4.69) is 62.4 Å². The SMILES string of the molecule is Cc1cccc(-c2ccc3nc4sc5cc(-c6cccc(-c7ccc8nc9sc%10ccccc%10n9c(=O)c8c7)c6C)ccc5n4c(=O)c3c2)c1. The van der Waals surface area contributed by atoms with Crippen molar-refractivity contribution in [2.24, 2.45) is 0 Å². The third-order valence-electron chi connectivity index (χ3n) is 9.69. The van der Waals surface area contributed by atoms with Gasteiger partial charge in [0.15, 0.2) is 9.92 Å². The summed E-state index contributed by atoms with van der Waals surface area (Å²) in [5.41, 5.74) is 11.5. The van der Waals surface area contributed by atoms with E-state index in [-0.39, 0.29) is 11.1 Å². The van der Waals surface area contributed by atoms with E-state index in [0.29, 0.717) is 31.7 Å². The van der Waals surface area contributed by atoms with E-state index in [1.807, 2.05) is 72.8 Å². The van der Waals surface area contributed by atoms with Crippen LogP contribution in [0, 0.1) is 13.8 Å². The van der Waals surface area contributed by atoms with Crippen molar-refractivity contribution < 1.29 is 0 Å². The van der Waals surface area contributed by atoms with Gasteiger partial charge in [0.05, 0.1) is 42.2 Å². The fourth-order valence-corrected chi connectivity index (χ4v) is 9.28. The summed E-state index contributed by atoms with van der Waals surface area (Å²) in [7, 11) is 0. The average Bonchev–Trinajstić information content (AvgIpc) is 3.69. The Bertz CT molecular complexity index is 3190. The van der Waals surface area contributed by atoms with Crippen LogP contribution in [-0.2, 0) is 0 Å². The number of para-hydroxylation sites is 1. The number of benzene rings is 6. The topological polar surface area (TPSA) is 68.7 Å².